The van der Waals surface area contributed by atoms with Gasteiger partial charge >= 0.3 is 7.75 Å². The SMILES string of the molecule is CCOP(=O)(OCC)N(Cc1ccccc1)C1CNCCC1C1CC1. The minimum absolute atomic E-state index is 0.186. The Morgan fingerprint density at radius 3 is 2.40 bits per heavy atom. The van der Waals surface area contributed by atoms with E-state index < -0.39 is 7.75 Å². The van der Waals surface area contributed by atoms with Crippen molar-refractivity contribution in [1.82, 2.24) is 9.99 Å². The Morgan fingerprint density at radius 1 is 1.12 bits per heavy atom. The van der Waals surface area contributed by atoms with E-state index in [0.717, 1.165) is 31.0 Å². The fraction of sp³-hybridized carbons (Fsp3) is 0.684. The highest BCUT2D eigenvalue weighted by Gasteiger charge is 2.46. The van der Waals surface area contributed by atoms with E-state index in [9.17, 15) is 4.57 Å². The Bertz CT molecular complexity index is 569. The quantitative estimate of drug-likeness (QED) is 0.668. The topological polar surface area (TPSA) is 50.8 Å². The summed E-state index contributed by atoms with van der Waals surface area (Å²) in [5.74, 6) is 1.33. The summed E-state index contributed by atoms with van der Waals surface area (Å²) in [6, 6.07) is 10.4. The average Bonchev–Trinajstić information content (AvgIpc) is 3.46. The number of nitrogens with one attached hydrogen (secondary N) is 1. The third kappa shape index (κ3) is 4.72. The van der Waals surface area contributed by atoms with Gasteiger partial charge in [-0.3, -0.25) is 9.05 Å². The number of benzene rings is 1. The molecule has 2 fully saturated rings. The lowest BCUT2D eigenvalue weighted by Gasteiger charge is -2.42. The van der Waals surface area contributed by atoms with Crippen LogP contribution in [0.1, 0.15) is 38.7 Å². The first-order valence-electron chi connectivity index (χ1n) is 9.58. The summed E-state index contributed by atoms with van der Waals surface area (Å²) in [7, 11) is -3.32. The van der Waals surface area contributed by atoms with Crippen LogP contribution in [0, 0.1) is 11.8 Å². The Kier molecular flexibility index (Phi) is 6.70. The van der Waals surface area contributed by atoms with E-state index in [0.29, 0.717) is 25.7 Å². The van der Waals surface area contributed by atoms with Crippen LogP contribution in [0.15, 0.2) is 30.3 Å². The molecule has 0 radical (unpaired) electrons. The van der Waals surface area contributed by atoms with Crippen molar-refractivity contribution in [3.8, 4) is 0 Å². The van der Waals surface area contributed by atoms with Gasteiger partial charge in [0.1, 0.15) is 0 Å². The van der Waals surface area contributed by atoms with Crippen LogP contribution in [0.4, 0.5) is 0 Å². The molecule has 1 saturated heterocycles. The summed E-state index contributed by atoms with van der Waals surface area (Å²) in [5.41, 5.74) is 1.14. The highest BCUT2D eigenvalue weighted by molar-refractivity contribution is 7.51. The highest BCUT2D eigenvalue weighted by Crippen LogP contribution is 2.56. The molecule has 2 aliphatic rings. The van der Waals surface area contributed by atoms with Crippen molar-refractivity contribution in [3.05, 3.63) is 35.9 Å². The molecule has 0 amide bonds. The molecule has 6 heteroatoms. The van der Waals surface area contributed by atoms with E-state index in [-0.39, 0.29) is 6.04 Å². The molecule has 25 heavy (non-hydrogen) atoms. The molecular formula is C19H31N2O3P. The molecule has 2 unspecified atom stereocenters. The molecule has 0 bridgehead atoms. The van der Waals surface area contributed by atoms with Crippen LogP contribution in [0.25, 0.3) is 0 Å². The Labute approximate surface area is 151 Å². The van der Waals surface area contributed by atoms with Crippen LogP contribution < -0.4 is 5.32 Å². The van der Waals surface area contributed by atoms with Gasteiger partial charge in [-0.2, -0.15) is 4.67 Å². The normalized spacial score (nSPS) is 24.6. The van der Waals surface area contributed by atoms with Gasteiger partial charge in [0, 0.05) is 19.1 Å². The third-order valence-electron chi connectivity index (χ3n) is 5.20. The molecule has 1 aliphatic carbocycles. The van der Waals surface area contributed by atoms with Gasteiger partial charge in [-0.05, 0) is 57.1 Å². The summed E-state index contributed by atoms with van der Waals surface area (Å²) in [6.07, 6.45) is 3.74. The Balaban J connectivity index is 1.90. The molecule has 1 N–H and O–H groups in total. The Hall–Kier alpha value is -0.710. The molecule has 3 rings (SSSR count). The van der Waals surface area contributed by atoms with E-state index in [1.165, 1.54) is 12.8 Å². The van der Waals surface area contributed by atoms with Gasteiger partial charge in [0.05, 0.1) is 13.2 Å². The number of hydrogen-bond acceptors (Lipinski definition) is 4. The smallest absolute Gasteiger partial charge is 0.315 e. The fourth-order valence-electron chi connectivity index (χ4n) is 3.93. The van der Waals surface area contributed by atoms with Crippen molar-refractivity contribution in [1.29, 1.82) is 0 Å². The predicted octanol–water partition coefficient (Wildman–Crippen LogP) is 4.06. The lowest BCUT2D eigenvalue weighted by atomic mass is 9.88. The molecular weight excluding hydrogens is 335 g/mol. The monoisotopic (exact) mass is 366 g/mol. The largest absolute Gasteiger partial charge is 0.408 e. The minimum atomic E-state index is -3.32. The third-order valence-corrected chi connectivity index (χ3v) is 7.44. The summed E-state index contributed by atoms with van der Waals surface area (Å²) in [6.45, 7) is 7.01. The summed E-state index contributed by atoms with van der Waals surface area (Å²) in [4.78, 5) is 0. The van der Waals surface area contributed by atoms with Gasteiger partial charge in [0.2, 0.25) is 0 Å². The van der Waals surface area contributed by atoms with Gasteiger partial charge < -0.3 is 5.32 Å². The van der Waals surface area contributed by atoms with Gasteiger partial charge in [-0.1, -0.05) is 30.3 Å². The molecule has 1 aromatic rings. The van der Waals surface area contributed by atoms with Crippen LogP contribution in [0.5, 0.6) is 0 Å². The second-order valence-corrected chi connectivity index (χ2v) is 8.92. The number of hydrogen-bond donors (Lipinski definition) is 1. The molecule has 1 heterocycles. The zero-order valence-electron chi connectivity index (χ0n) is 15.4. The lowest BCUT2D eigenvalue weighted by Crippen LogP contribution is -2.50. The molecule has 140 valence electrons. The van der Waals surface area contributed by atoms with Crippen molar-refractivity contribution in [2.45, 2.75) is 45.7 Å². The zero-order valence-corrected chi connectivity index (χ0v) is 16.3. The molecule has 0 spiro atoms. The van der Waals surface area contributed by atoms with Crippen molar-refractivity contribution in [3.63, 3.8) is 0 Å². The van der Waals surface area contributed by atoms with E-state index in [4.69, 9.17) is 9.05 Å². The van der Waals surface area contributed by atoms with Crippen molar-refractivity contribution in [2.24, 2.45) is 11.8 Å². The van der Waals surface area contributed by atoms with Gasteiger partial charge in [0.25, 0.3) is 0 Å². The first kappa shape index (κ1) is 19.1. The zero-order chi connectivity index (χ0) is 17.7. The van der Waals surface area contributed by atoms with E-state index in [2.05, 4.69) is 17.4 Å². The first-order valence-corrected chi connectivity index (χ1v) is 11.1. The van der Waals surface area contributed by atoms with E-state index in [1.807, 2.05) is 36.7 Å². The molecule has 2 atom stereocenters. The van der Waals surface area contributed by atoms with Crippen molar-refractivity contribution in [2.75, 3.05) is 26.3 Å². The molecule has 1 aliphatic heterocycles. The summed E-state index contributed by atoms with van der Waals surface area (Å²) >= 11 is 0. The van der Waals surface area contributed by atoms with E-state index in [1.54, 1.807) is 0 Å². The van der Waals surface area contributed by atoms with Gasteiger partial charge in [0.15, 0.2) is 0 Å². The second kappa shape index (κ2) is 8.79. The molecule has 1 aromatic carbocycles. The Morgan fingerprint density at radius 2 is 1.80 bits per heavy atom. The number of piperidine rings is 1. The van der Waals surface area contributed by atoms with Crippen LogP contribution in [-0.4, -0.2) is 37.0 Å². The summed E-state index contributed by atoms with van der Waals surface area (Å²) < 4.78 is 27.2. The first-order chi connectivity index (χ1) is 12.2. The van der Waals surface area contributed by atoms with Crippen LogP contribution >= 0.6 is 7.75 Å². The molecule has 1 saturated carbocycles. The summed E-state index contributed by atoms with van der Waals surface area (Å²) in [5, 5.41) is 3.50. The number of rotatable bonds is 9. The predicted molar refractivity (Wildman–Crippen MR) is 100 cm³/mol. The number of nitrogens with zero attached hydrogens (tertiary/aromatic N) is 1. The van der Waals surface area contributed by atoms with Crippen molar-refractivity contribution < 1.29 is 13.6 Å². The van der Waals surface area contributed by atoms with Crippen LogP contribution in [0.2, 0.25) is 0 Å². The van der Waals surface area contributed by atoms with Crippen LogP contribution in [0.3, 0.4) is 0 Å². The highest BCUT2D eigenvalue weighted by atomic mass is 31.2. The van der Waals surface area contributed by atoms with Gasteiger partial charge in [-0.15, -0.1) is 0 Å². The van der Waals surface area contributed by atoms with Crippen LogP contribution in [-0.2, 0) is 20.2 Å². The maximum Gasteiger partial charge on any atom is 0.408 e. The lowest BCUT2D eigenvalue weighted by molar-refractivity contribution is 0.102. The van der Waals surface area contributed by atoms with Gasteiger partial charge in [-0.25, -0.2) is 4.57 Å². The minimum Gasteiger partial charge on any atom is -0.315 e. The maximum atomic E-state index is 13.7. The maximum absolute atomic E-state index is 13.7. The fourth-order valence-corrected chi connectivity index (χ4v) is 5.91. The molecule has 0 aromatic heterocycles. The van der Waals surface area contributed by atoms with Crippen molar-refractivity contribution >= 4 is 7.75 Å². The molecule has 5 nitrogen and oxygen atoms in total. The average molecular weight is 366 g/mol. The van der Waals surface area contributed by atoms with E-state index >= 15 is 0 Å². The second-order valence-electron chi connectivity index (χ2n) is 6.95. The standard InChI is InChI=1S/C19H31N2O3P/c1-3-23-25(22,24-4-2)21(15-16-8-6-5-7-9-16)19-14-20-13-12-18(19)17-10-11-17/h5-9,17-20H,3-4,10-15H2,1-2H3.